The quantitative estimate of drug-likeness (QED) is 0.362. The first-order valence-electron chi connectivity index (χ1n) is 5.07. The average molecular weight is 255 g/mol. The highest BCUT2D eigenvalue weighted by molar-refractivity contribution is 7.51. The van der Waals surface area contributed by atoms with Gasteiger partial charge in [0.05, 0.1) is 18.4 Å². The normalized spacial score (nSPS) is 32.9. The summed E-state index contributed by atoms with van der Waals surface area (Å²) in [4.78, 5) is 19.1. The van der Waals surface area contributed by atoms with Crippen molar-refractivity contribution < 1.29 is 29.7 Å². The molecular formula is C8H18NO6P. The summed E-state index contributed by atoms with van der Waals surface area (Å²) in [6.07, 6.45) is -2.24. The molecule has 1 aliphatic rings. The van der Waals surface area contributed by atoms with Gasteiger partial charge in [0.25, 0.3) is 0 Å². The van der Waals surface area contributed by atoms with Crippen LogP contribution in [0.5, 0.6) is 0 Å². The van der Waals surface area contributed by atoms with E-state index in [0.29, 0.717) is 6.54 Å². The smallest absolute Gasteiger partial charge is 0.326 e. The van der Waals surface area contributed by atoms with Crippen LogP contribution in [-0.4, -0.2) is 74.6 Å². The summed E-state index contributed by atoms with van der Waals surface area (Å²) in [5, 5.41) is 27.9. The molecule has 16 heavy (non-hydrogen) atoms. The number of hydrogen-bond donors (Lipinski definition) is 5. The number of likely N-dealkylation sites (tertiary alicyclic amines) is 1. The second kappa shape index (κ2) is 5.55. The van der Waals surface area contributed by atoms with E-state index in [1.807, 2.05) is 0 Å². The van der Waals surface area contributed by atoms with Gasteiger partial charge < -0.3 is 25.1 Å². The SMILES string of the molecule is O=P(O)(O)CCN1CC(O)C(O)C(CO)C1. The van der Waals surface area contributed by atoms with E-state index in [-0.39, 0.29) is 25.9 Å². The highest BCUT2D eigenvalue weighted by atomic mass is 31.2. The summed E-state index contributed by atoms with van der Waals surface area (Å²) >= 11 is 0. The molecule has 0 aromatic carbocycles. The minimum Gasteiger partial charge on any atom is -0.396 e. The van der Waals surface area contributed by atoms with Crippen molar-refractivity contribution in [3.8, 4) is 0 Å². The molecule has 0 bridgehead atoms. The molecular weight excluding hydrogens is 237 g/mol. The summed E-state index contributed by atoms with van der Waals surface area (Å²) in [5.74, 6) is -0.472. The second-order valence-electron chi connectivity index (χ2n) is 4.15. The predicted molar refractivity (Wildman–Crippen MR) is 55.9 cm³/mol. The van der Waals surface area contributed by atoms with Crippen molar-refractivity contribution in [2.75, 3.05) is 32.4 Å². The monoisotopic (exact) mass is 255 g/mol. The first-order valence-corrected chi connectivity index (χ1v) is 6.87. The maximum Gasteiger partial charge on any atom is 0.326 e. The van der Waals surface area contributed by atoms with Gasteiger partial charge in [-0.25, -0.2) is 0 Å². The maximum atomic E-state index is 10.7. The van der Waals surface area contributed by atoms with Crippen molar-refractivity contribution in [2.24, 2.45) is 5.92 Å². The molecule has 0 amide bonds. The van der Waals surface area contributed by atoms with Crippen molar-refractivity contribution in [2.45, 2.75) is 12.2 Å². The first kappa shape index (κ1) is 14.1. The van der Waals surface area contributed by atoms with Crippen LogP contribution in [0.4, 0.5) is 0 Å². The number of nitrogens with zero attached hydrogens (tertiary/aromatic N) is 1. The minimum absolute atomic E-state index is 0.143. The number of piperidine rings is 1. The zero-order valence-corrected chi connectivity index (χ0v) is 9.70. The predicted octanol–water partition coefficient (Wildman–Crippen LogP) is -2.19. The Morgan fingerprint density at radius 1 is 1.25 bits per heavy atom. The topological polar surface area (TPSA) is 121 Å². The Labute approximate surface area is 93.5 Å². The van der Waals surface area contributed by atoms with Crippen LogP contribution in [0.1, 0.15) is 0 Å². The Balaban J connectivity index is 2.47. The van der Waals surface area contributed by atoms with Gasteiger partial charge in [-0.15, -0.1) is 0 Å². The van der Waals surface area contributed by atoms with E-state index in [9.17, 15) is 14.8 Å². The molecule has 1 aliphatic heterocycles. The van der Waals surface area contributed by atoms with Crippen molar-refractivity contribution in [1.82, 2.24) is 4.90 Å². The molecule has 7 nitrogen and oxygen atoms in total. The highest BCUT2D eigenvalue weighted by Gasteiger charge is 2.34. The van der Waals surface area contributed by atoms with Crippen LogP contribution < -0.4 is 0 Å². The van der Waals surface area contributed by atoms with E-state index in [0.717, 1.165) is 0 Å². The van der Waals surface area contributed by atoms with E-state index in [4.69, 9.17) is 14.9 Å². The lowest BCUT2D eigenvalue weighted by Crippen LogP contribution is -2.54. The van der Waals surface area contributed by atoms with E-state index >= 15 is 0 Å². The zero-order chi connectivity index (χ0) is 12.3. The number of aliphatic hydroxyl groups is 3. The number of β-amino-alcohol motifs (C(OH)–C–C–N with tert-alkyl or cyclic N) is 1. The van der Waals surface area contributed by atoms with Gasteiger partial charge in [0.2, 0.25) is 0 Å². The molecule has 0 saturated carbocycles. The molecule has 1 saturated heterocycles. The highest BCUT2D eigenvalue weighted by Crippen LogP contribution is 2.34. The van der Waals surface area contributed by atoms with Crippen LogP contribution >= 0.6 is 7.60 Å². The van der Waals surface area contributed by atoms with Gasteiger partial charge in [-0.2, -0.15) is 0 Å². The third-order valence-electron chi connectivity index (χ3n) is 2.76. The average Bonchev–Trinajstić information content (AvgIpc) is 2.18. The largest absolute Gasteiger partial charge is 0.396 e. The van der Waals surface area contributed by atoms with Crippen molar-refractivity contribution in [1.29, 1.82) is 0 Å². The van der Waals surface area contributed by atoms with E-state index in [1.165, 1.54) is 0 Å². The molecule has 0 aromatic heterocycles. The van der Waals surface area contributed by atoms with Crippen LogP contribution in [0.15, 0.2) is 0 Å². The third-order valence-corrected chi connectivity index (χ3v) is 3.54. The van der Waals surface area contributed by atoms with Crippen LogP contribution in [0, 0.1) is 5.92 Å². The van der Waals surface area contributed by atoms with E-state index in [2.05, 4.69) is 0 Å². The fourth-order valence-corrected chi connectivity index (χ4v) is 2.36. The van der Waals surface area contributed by atoms with Crippen LogP contribution in [0.3, 0.4) is 0 Å². The van der Waals surface area contributed by atoms with Crippen LogP contribution in [0.25, 0.3) is 0 Å². The van der Waals surface area contributed by atoms with Gasteiger partial charge in [0.15, 0.2) is 0 Å². The van der Waals surface area contributed by atoms with Crippen molar-refractivity contribution in [3.05, 3.63) is 0 Å². The second-order valence-corrected chi connectivity index (χ2v) is 5.93. The summed E-state index contributed by atoms with van der Waals surface area (Å²) < 4.78 is 10.7. The Bertz CT molecular complexity index is 269. The van der Waals surface area contributed by atoms with Crippen molar-refractivity contribution in [3.63, 3.8) is 0 Å². The minimum atomic E-state index is -4.04. The molecule has 0 aliphatic carbocycles. The molecule has 3 atom stereocenters. The van der Waals surface area contributed by atoms with Gasteiger partial charge in [-0.05, 0) is 0 Å². The Kier molecular flexibility index (Phi) is 4.88. The van der Waals surface area contributed by atoms with Gasteiger partial charge in [0, 0.05) is 32.2 Å². The van der Waals surface area contributed by atoms with E-state index < -0.39 is 25.7 Å². The van der Waals surface area contributed by atoms with Gasteiger partial charge >= 0.3 is 7.60 Å². The summed E-state index contributed by atoms with van der Waals surface area (Å²) in [6.45, 7) is 0.377. The molecule has 0 radical (unpaired) electrons. The summed E-state index contributed by atoms with van der Waals surface area (Å²) in [7, 11) is -4.04. The van der Waals surface area contributed by atoms with Gasteiger partial charge in [-0.3, -0.25) is 9.46 Å². The lowest BCUT2D eigenvalue weighted by Gasteiger charge is -2.38. The van der Waals surface area contributed by atoms with E-state index in [1.54, 1.807) is 4.90 Å². The summed E-state index contributed by atoms with van der Waals surface area (Å²) in [6, 6.07) is 0. The number of hydrogen-bond acceptors (Lipinski definition) is 5. The molecule has 0 aromatic rings. The van der Waals surface area contributed by atoms with Crippen LogP contribution in [-0.2, 0) is 4.57 Å². The molecule has 1 heterocycles. The first-order chi connectivity index (χ1) is 7.33. The van der Waals surface area contributed by atoms with Gasteiger partial charge in [0.1, 0.15) is 0 Å². The molecule has 1 fully saturated rings. The Hall–Kier alpha value is -0.0100. The Morgan fingerprint density at radius 3 is 2.38 bits per heavy atom. The lowest BCUT2D eigenvalue weighted by atomic mass is 9.93. The molecule has 1 rings (SSSR count). The van der Waals surface area contributed by atoms with Gasteiger partial charge in [-0.1, -0.05) is 0 Å². The standard InChI is InChI=1S/C8H18NO6P/c10-5-6-3-9(1-2-16(13,14)15)4-7(11)8(6)12/h6-8,10-12H,1-5H2,(H2,13,14,15). The third kappa shape index (κ3) is 4.10. The maximum absolute atomic E-state index is 10.7. The lowest BCUT2D eigenvalue weighted by molar-refractivity contribution is -0.0848. The zero-order valence-electron chi connectivity index (χ0n) is 8.81. The Morgan fingerprint density at radius 2 is 1.88 bits per heavy atom. The summed E-state index contributed by atoms with van der Waals surface area (Å²) in [5.41, 5.74) is 0. The van der Waals surface area contributed by atoms with Crippen molar-refractivity contribution >= 4 is 7.60 Å². The van der Waals surface area contributed by atoms with Crippen LogP contribution in [0.2, 0.25) is 0 Å². The fraction of sp³-hybridized carbons (Fsp3) is 1.00. The number of aliphatic hydroxyl groups excluding tert-OH is 3. The number of rotatable bonds is 4. The molecule has 5 N–H and O–H groups in total. The molecule has 96 valence electrons. The molecule has 3 unspecified atom stereocenters. The molecule has 0 spiro atoms. The fourth-order valence-electron chi connectivity index (χ4n) is 1.82. The molecule has 8 heteroatoms.